The van der Waals surface area contributed by atoms with Crippen molar-refractivity contribution in [2.75, 3.05) is 5.32 Å². The molecule has 5 nitrogen and oxygen atoms in total. The van der Waals surface area contributed by atoms with Crippen LogP contribution in [-0.2, 0) is 0 Å². The molecular weight excluding hydrogens is 266 g/mol. The molecule has 1 aromatic carbocycles. The number of H-pyrrole nitrogens is 1. The standard InChI is InChI=1S/C16H13N3O2/c1-10-8-15(20)13-9-11(2-3-14(13)18-10)16(21)19-12-4-6-17-7-5-12/h2-9H,1H3,(H,18,20)(H,17,19,21). The molecule has 0 saturated heterocycles. The highest BCUT2D eigenvalue weighted by Gasteiger charge is 2.08. The van der Waals surface area contributed by atoms with Crippen molar-refractivity contribution in [1.29, 1.82) is 0 Å². The Hall–Kier alpha value is -2.95. The number of pyridine rings is 2. The molecule has 2 aromatic heterocycles. The Labute approximate surface area is 120 Å². The number of carbonyl (C=O) groups is 1. The van der Waals surface area contributed by atoms with Crippen LogP contribution < -0.4 is 10.7 Å². The number of aromatic amines is 1. The van der Waals surface area contributed by atoms with Crippen molar-refractivity contribution in [3.63, 3.8) is 0 Å². The molecule has 2 heterocycles. The van der Waals surface area contributed by atoms with Crippen LogP contribution in [0.1, 0.15) is 16.1 Å². The van der Waals surface area contributed by atoms with Crippen LogP contribution in [0.3, 0.4) is 0 Å². The van der Waals surface area contributed by atoms with Gasteiger partial charge in [0.15, 0.2) is 5.43 Å². The summed E-state index contributed by atoms with van der Waals surface area (Å²) in [5, 5.41) is 3.27. The van der Waals surface area contributed by atoms with Gasteiger partial charge in [-0.05, 0) is 37.3 Å². The van der Waals surface area contributed by atoms with E-state index in [0.717, 1.165) is 11.2 Å². The van der Waals surface area contributed by atoms with Crippen LogP contribution in [-0.4, -0.2) is 15.9 Å². The number of aromatic nitrogens is 2. The summed E-state index contributed by atoms with van der Waals surface area (Å²) in [6.45, 7) is 1.82. The van der Waals surface area contributed by atoms with Gasteiger partial charge < -0.3 is 10.3 Å². The zero-order valence-electron chi connectivity index (χ0n) is 11.4. The fourth-order valence-electron chi connectivity index (χ4n) is 2.16. The number of nitrogens with zero attached hydrogens (tertiary/aromatic N) is 1. The Morgan fingerprint density at radius 2 is 1.90 bits per heavy atom. The summed E-state index contributed by atoms with van der Waals surface area (Å²) in [6.07, 6.45) is 3.20. The van der Waals surface area contributed by atoms with Crippen LogP contribution >= 0.6 is 0 Å². The first kappa shape index (κ1) is 13.1. The molecule has 0 saturated carbocycles. The Balaban J connectivity index is 1.98. The summed E-state index contributed by atoms with van der Waals surface area (Å²) in [7, 11) is 0. The molecule has 0 spiro atoms. The smallest absolute Gasteiger partial charge is 0.255 e. The maximum atomic E-state index is 12.2. The fourth-order valence-corrected chi connectivity index (χ4v) is 2.16. The second kappa shape index (κ2) is 5.20. The number of hydrogen-bond donors (Lipinski definition) is 2. The van der Waals surface area contributed by atoms with Gasteiger partial charge >= 0.3 is 0 Å². The zero-order chi connectivity index (χ0) is 14.8. The highest BCUT2D eigenvalue weighted by atomic mass is 16.1. The van der Waals surface area contributed by atoms with Crippen LogP contribution in [0.15, 0.2) is 53.6 Å². The fraction of sp³-hybridized carbons (Fsp3) is 0.0625. The lowest BCUT2D eigenvalue weighted by Crippen LogP contribution is -2.13. The predicted octanol–water partition coefficient (Wildman–Crippen LogP) is 2.48. The summed E-state index contributed by atoms with van der Waals surface area (Å²) >= 11 is 0. The highest BCUT2D eigenvalue weighted by Crippen LogP contribution is 2.13. The maximum absolute atomic E-state index is 12.2. The minimum atomic E-state index is -0.261. The topological polar surface area (TPSA) is 74.8 Å². The zero-order valence-corrected chi connectivity index (χ0v) is 11.4. The second-order valence-electron chi connectivity index (χ2n) is 4.77. The molecule has 0 aliphatic carbocycles. The van der Waals surface area contributed by atoms with E-state index in [2.05, 4.69) is 15.3 Å². The normalized spacial score (nSPS) is 10.5. The minimum Gasteiger partial charge on any atom is -0.358 e. The number of carbonyl (C=O) groups excluding carboxylic acids is 1. The van der Waals surface area contributed by atoms with Crippen molar-refractivity contribution >= 4 is 22.5 Å². The number of nitrogens with one attached hydrogen (secondary N) is 2. The average molecular weight is 279 g/mol. The molecule has 5 heteroatoms. The van der Waals surface area contributed by atoms with Crippen molar-refractivity contribution < 1.29 is 4.79 Å². The van der Waals surface area contributed by atoms with Gasteiger partial charge in [0, 0.05) is 46.3 Å². The van der Waals surface area contributed by atoms with E-state index in [-0.39, 0.29) is 11.3 Å². The molecule has 0 radical (unpaired) electrons. The van der Waals surface area contributed by atoms with E-state index in [9.17, 15) is 9.59 Å². The first-order valence-electron chi connectivity index (χ1n) is 6.48. The molecule has 2 N–H and O–H groups in total. The molecule has 3 rings (SSSR count). The molecular formula is C16H13N3O2. The average Bonchev–Trinajstić information content (AvgIpc) is 2.47. The van der Waals surface area contributed by atoms with Crippen molar-refractivity contribution in [3.05, 3.63) is 70.3 Å². The molecule has 0 aliphatic rings. The summed E-state index contributed by atoms with van der Waals surface area (Å²) < 4.78 is 0. The lowest BCUT2D eigenvalue weighted by atomic mass is 10.1. The Morgan fingerprint density at radius 3 is 2.67 bits per heavy atom. The molecule has 0 unspecified atom stereocenters. The van der Waals surface area contributed by atoms with Gasteiger partial charge in [-0.1, -0.05) is 0 Å². The van der Waals surface area contributed by atoms with Gasteiger partial charge in [-0.2, -0.15) is 0 Å². The second-order valence-corrected chi connectivity index (χ2v) is 4.77. The van der Waals surface area contributed by atoms with E-state index in [1.165, 1.54) is 6.07 Å². The van der Waals surface area contributed by atoms with Crippen LogP contribution in [0.25, 0.3) is 10.9 Å². The van der Waals surface area contributed by atoms with Crippen LogP contribution in [0, 0.1) is 6.92 Å². The molecule has 0 bridgehead atoms. The third-order valence-corrected chi connectivity index (χ3v) is 3.16. The van der Waals surface area contributed by atoms with E-state index < -0.39 is 0 Å². The molecule has 0 fully saturated rings. The quantitative estimate of drug-likeness (QED) is 0.756. The molecule has 3 aromatic rings. The van der Waals surface area contributed by atoms with Crippen LogP contribution in [0.4, 0.5) is 5.69 Å². The van der Waals surface area contributed by atoms with Gasteiger partial charge in [-0.3, -0.25) is 14.6 Å². The molecule has 0 atom stereocenters. The van der Waals surface area contributed by atoms with Crippen molar-refractivity contribution in [3.8, 4) is 0 Å². The molecule has 104 valence electrons. The van der Waals surface area contributed by atoms with Gasteiger partial charge in [-0.25, -0.2) is 0 Å². The first-order chi connectivity index (χ1) is 10.1. The van der Waals surface area contributed by atoms with Crippen LogP contribution in [0.2, 0.25) is 0 Å². The summed E-state index contributed by atoms with van der Waals surface area (Å²) in [5.74, 6) is -0.261. The largest absolute Gasteiger partial charge is 0.358 e. The number of aryl methyl sites for hydroxylation is 1. The summed E-state index contributed by atoms with van der Waals surface area (Å²) in [6, 6.07) is 9.96. The number of amides is 1. The first-order valence-corrected chi connectivity index (χ1v) is 6.48. The Kier molecular flexibility index (Phi) is 3.23. The number of benzene rings is 1. The van der Waals surface area contributed by atoms with Crippen molar-refractivity contribution in [2.45, 2.75) is 6.92 Å². The number of anilines is 1. The number of hydrogen-bond acceptors (Lipinski definition) is 3. The summed E-state index contributed by atoms with van der Waals surface area (Å²) in [4.78, 5) is 31.2. The van der Waals surface area contributed by atoms with Gasteiger partial charge in [0.1, 0.15) is 0 Å². The minimum absolute atomic E-state index is 0.0974. The highest BCUT2D eigenvalue weighted by molar-refractivity contribution is 6.06. The number of fused-ring (bicyclic) bond motifs is 1. The van der Waals surface area contributed by atoms with Gasteiger partial charge in [0.25, 0.3) is 5.91 Å². The molecule has 1 amide bonds. The van der Waals surface area contributed by atoms with Gasteiger partial charge in [-0.15, -0.1) is 0 Å². The van der Waals surface area contributed by atoms with Gasteiger partial charge in [0.2, 0.25) is 0 Å². The lowest BCUT2D eigenvalue weighted by molar-refractivity contribution is 0.102. The monoisotopic (exact) mass is 279 g/mol. The Morgan fingerprint density at radius 1 is 1.14 bits per heavy atom. The summed E-state index contributed by atoms with van der Waals surface area (Å²) in [5.41, 5.74) is 2.52. The van der Waals surface area contributed by atoms with Crippen molar-refractivity contribution in [2.24, 2.45) is 0 Å². The molecule has 0 aliphatic heterocycles. The Bertz CT molecular complexity index is 870. The third-order valence-electron chi connectivity index (χ3n) is 3.16. The van der Waals surface area contributed by atoms with E-state index in [0.29, 0.717) is 16.6 Å². The van der Waals surface area contributed by atoms with Crippen LogP contribution in [0.5, 0.6) is 0 Å². The lowest BCUT2D eigenvalue weighted by Gasteiger charge is -2.06. The third kappa shape index (κ3) is 2.67. The van der Waals surface area contributed by atoms with E-state index in [1.807, 2.05) is 6.92 Å². The van der Waals surface area contributed by atoms with Crippen molar-refractivity contribution in [1.82, 2.24) is 9.97 Å². The number of rotatable bonds is 2. The predicted molar refractivity (Wildman–Crippen MR) is 81.5 cm³/mol. The van der Waals surface area contributed by atoms with E-state index in [1.54, 1.807) is 42.7 Å². The molecule has 21 heavy (non-hydrogen) atoms. The van der Waals surface area contributed by atoms with Gasteiger partial charge in [0.05, 0.1) is 0 Å². The SMILES string of the molecule is Cc1cc(=O)c2cc(C(=O)Nc3ccncc3)ccc2[nH]1. The van der Waals surface area contributed by atoms with E-state index in [4.69, 9.17) is 0 Å². The van der Waals surface area contributed by atoms with E-state index >= 15 is 0 Å². The maximum Gasteiger partial charge on any atom is 0.255 e.